The fourth-order valence-electron chi connectivity index (χ4n) is 2.45. The van der Waals surface area contributed by atoms with Crippen molar-refractivity contribution in [3.8, 4) is 10.6 Å². The minimum atomic E-state index is -0.450. The lowest BCUT2D eigenvalue weighted by molar-refractivity contribution is -0.145. The van der Waals surface area contributed by atoms with Crippen molar-refractivity contribution >= 4 is 28.9 Å². The Kier molecular flexibility index (Phi) is 3.95. The molecule has 6 heteroatoms. The van der Waals surface area contributed by atoms with Gasteiger partial charge in [0.1, 0.15) is 16.7 Å². The van der Waals surface area contributed by atoms with E-state index in [2.05, 4.69) is 4.98 Å². The Morgan fingerprint density at radius 2 is 2.38 bits per heavy atom. The number of carbonyl (C=O) groups excluding carboxylic acids is 1. The standard InChI is InChI=1S/C15H13ClFNO2S/c1-2-20-15(19)9-4-6-12-13(9)18-14(21-12)8-3-5-11(17)10(16)7-8/h3,5,7,9H,2,4,6H2,1H3. The first kappa shape index (κ1) is 14.5. The van der Waals surface area contributed by atoms with E-state index in [1.165, 1.54) is 17.4 Å². The molecule has 1 aromatic heterocycles. The summed E-state index contributed by atoms with van der Waals surface area (Å²) in [5.74, 6) is -0.944. The monoisotopic (exact) mass is 325 g/mol. The normalized spacial score (nSPS) is 16.8. The highest BCUT2D eigenvalue weighted by Crippen LogP contribution is 2.40. The summed E-state index contributed by atoms with van der Waals surface area (Å²) < 4.78 is 18.3. The fraction of sp³-hybridized carbons (Fsp3) is 0.333. The summed E-state index contributed by atoms with van der Waals surface area (Å²) >= 11 is 7.34. The van der Waals surface area contributed by atoms with E-state index in [4.69, 9.17) is 16.3 Å². The van der Waals surface area contributed by atoms with Gasteiger partial charge in [-0.2, -0.15) is 0 Å². The van der Waals surface area contributed by atoms with Gasteiger partial charge in [-0.1, -0.05) is 11.6 Å². The second-order valence-corrected chi connectivity index (χ2v) is 6.29. The Morgan fingerprint density at radius 1 is 1.57 bits per heavy atom. The lowest BCUT2D eigenvalue weighted by atomic mass is 10.1. The molecule has 3 rings (SSSR count). The molecule has 1 aromatic carbocycles. The van der Waals surface area contributed by atoms with Crippen LogP contribution in [0.3, 0.4) is 0 Å². The number of thiazole rings is 1. The highest BCUT2D eigenvalue weighted by atomic mass is 35.5. The predicted molar refractivity (Wildman–Crippen MR) is 80.2 cm³/mol. The molecule has 3 nitrogen and oxygen atoms in total. The SMILES string of the molecule is CCOC(=O)C1CCc2sc(-c3ccc(F)c(Cl)c3)nc21. The van der Waals surface area contributed by atoms with Crippen LogP contribution in [0.4, 0.5) is 4.39 Å². The number of rotatable bonds is 3. The van der Waals surface area contributed by atoms with E-state index in [0.29, 0.717) is 6.61 Å². The van der Waals surface area contributed by atoms with Gasteiger partial charge in [-0.3, -0.25) is 4.79 Å². The van der Waals surface area contributed by atoms with Gasteiger partial charge in [0.15, 0.2) is 0 Å². The van der Waals surface area contributed by atoms with E-state index in [9.17, 15) is 9.18 Å². The summed E-state index contributed by atoms with van der Waals surface area (Å²) in [5.41, 5.74) is 1.57. The number of halogens is 2. The number of fused-ring (bicyclic) bond motifs is 1. The summed E-state index contributed by atoms with van der Waals surface area (Å²) in [7, 11) is 0. The van der Waals surface area contributed by atoms with Gasteiger partial charge in [-0.25, -0.2) is 9.37 Å². The molecule has 1 heterocycles. The fourth-order valence-corrected chi connectivity index (χ4v) is 3.77. The molecule has 1 aliphatic carbocycles. The van der Waals surface area contributed by atoms with Gasteiger partial charge in [0.2, 0.25) is 0 Å². The number of esters is 1. The molecular weight excluding hydrogens is 313 g/mol. The van der Waals surface area contributed by atoms with E-state index in [-0.39, 0.29) is 16.9 Å². The zero-order chi connectivity index (χ0) is 15.0. The van der Waals surface area contributed by atoms with Crippen molar-refractivity contribution in [2.45, 2.75) is 25.7 Å². The highest BCUT2D eigenvalue weighted by molar-refractivity contribution is 7.15. The number of hydrogen-bond donors (Lipinski definition) is 0. The van der Waals surface area contributed by atoms with Gasteiger partial charge < -0.3 is 4.74 Å². The summed E-state index contributed by atoms with van der Waals surface area (Å²) in [6, 6.07) is 4.53. The number of nitrogens with zero attached hydrogens (tertiary/aromatic N) is 1. The van der Waals surface area contributed by atoms with Crippen LogP contribution in [0.5, 0.6) is 0 Å². The van der Waals surface area contributed by atoms with Crippen LogP contribution in [0.15, 0.2) is 18.2 Å². The number of ether oxygens (including phenoxy) is 1. The molecule has 1 aliphatic rings. The second kappa shape index (κ2) is 5.73. The van der Waals surface area contributed by atoms with Gasteiger partial charge in [-0.15, -0.1) is 11.3 Å². The molecular formula is C15H13ClFNO2S. The zero-order valence-corrected chi connectivity index (χ0v) is 12.9. The summed E-state index contributed by atoms with van der Waals surface area (Å²) in [6.07, 6.45) is 1.57. The van der Waals surface area contributed by atoms with Crippen molar-refractivity contribution in [1.29, 1.82) is 0 Å². The van der Waals surface area contributed by atoms with E-state index in [1.54, 1.807) is 19.1 Å². The quantitative estimate of drug-likeness (QED) is 0.794. The van der Waals surface area contributed by atoms with Gasteiger partial charge in [0.25, 0.3) is 0 Å². The summed E-state index contributed by atoms with van der Waals surface area (Å²) in [4.78, 5) is 17.6. The average molecular weight is 326 g/mol. The van der Waals surface area contributed by atoms with Crippen molar-refractivity contribution in [2.75, 3.05) is 6.61 Å². The Hall–Kier alpha value is -1.46. The molecule has 0 bridgehead atoms. The van der Waals surface area contributed by atoms with Crippen LogP contribution in [0, 0.1) is 5.82 Å². The number of carbonyl (C=O) groups is 1. The molecule has 1 unspecified atom stereocenters. The molecule has 0 spiro atoms. The van der Waals surface area contributed by atoms with Crippen LogP contribution in [-0.4, -0.2) is 17.6 Å². The third kappa shape index (κ3) is 2.68. The third-order valence-electron chi connectivity index (χ3n) is 3.46. The molecule has 0 N–H and O–H groups in total. The third-order valence-corrected chi connectivity index (χ3v) is 4.93. The number of hydrogen-bond acceptors (Lipinski definition) is 4. The molecule has 21 heavy (non-hydrogen) atoms. The maximum absolute atomic E-state index is 13.2. The Morgan fingerprint density at radius 3 is 3.10 bits per heavy atom. The number of aryl methyl sites for hydroxylation is 1. The van der Waals surface area contributed by atoms with Gasteiger partial charge in [-0.05, 0) is 38.0 Å². The minimum Gasteiger partial charge on any atom is -0.465 e. The predicted octanol–water partition coefficient (Wildman–Crippen LogP) is 4.20. The molecule has 2 aromatic rings. The van der Waals surface area contributed by atoms with Crippen LogP contribution in [0.25, 0.3) is 10.6 Å². The van der Waals surface area contributed by atoms with Crippen molar-refractivity contribution in [2.24, 2.45) is 0 Å². The van der Waals surface area contributed by atoms with Crippen LogP contribution in [0.2, 0.25) is 5.02 Å². The van der Waals surface area contributed by atoms with Gasteiger partial charge >= 0.3 is 5.97 Å². The Labute approximate surface area is 130 Å². The highest BCUT2D eigenvalue weighted by Gasteiger charge is 2.33. The maximum atomic E-state index is 13.2. The largest absolute Gasteiger partial charge is 0.465 e. The molecule has 1 atom stereocenters. The molecule has 0 fully saturated rings. The number of benzene rings is 1. The van der Waals surface area contributed by atoms with Crippen molar-refractivity contribution < 1.29 is 13.9 Å². The van der Waals surface area contributed by atoms with Crippen LogP contribution < -0.4 is 0 Å². The zero-order valence-electron chi connectivity index (χ0n) is 11.4. The van der Waals surface area contributed by atoms with E-state index >= 15 is 0 Å². The van der Waals surface area contributed by atoms with Crippen LogP contribution in [0.1, 0.15) is 29.8 Å². The van der Waals surface area contributed by atoms with Crippen molar-refractivity contribution in [1.82, 2.24) is 4.98 Å². The minimum absolute atomic E-state index is 0.0739. The molecule has 0 radical (unpaired) electrons. The molecule has 0 saturated carbocycles. The first-order valence-electron chi connectivity index (χ1n) is 6.71. The van der Waals surface area contributed by atoms with Gasteiger partial charge in [0.05, 0.1) is 17.3 Å². The second-order valence-electron chi connectivity index (χ2n) is 4.80. The van der Waals surface area contributed by atoms with Gasteiger partial charge in [0, 0.05) is 10.4 Å². The molecule has 0 amide bonds. The molecule has 0 aliphatic heterocycles. The van der Waals surface area contributed by atoms with E-state index in [0.717, 1.165) is 34.0 Å². The van der Waals surface area contributed by atoms with Crippen molar-refractivity contribution in [3.05, 3.63) is 39.6 Å². The lowest BCUT2D eigenvalue weighted by Gasteiger charge is -2.07. The molecule has 110 valence electrons. The van der Waals surface area contributed by atoms with Crippen LogP contribution in [-0.2, 0) is 16.0 Å². The summed E-state index contributed by atoms with van der Waals surface area (Å²) in [5, 5.41) is 0.834. The van der Waals surface area contributed by atoms with Crippen molar-refractivity contribution in [3.63, 3.8) is 0 Å². The lowest BCUT2D eigenvalue weighted by Crippen LogP contribution is -2.14. The van der Waals surface area contributed by atoms with E-state index < -0.39 is 5.82 Å². The summed E-state index contributed by atoms with van der Waals surface area (Å²) in [6.45, 7) is 2.16. The smallest absolute Gasteiger partial charge is 0.315 e. The maximum Gasteiger partial charge on any atom is 0.315 e. The Bertz CT molecular complexity index is 701. The average Bonchev–Trinajstić information content (AvgIpc) is 3.01. The topological polar surface area (TPSA) is 39.2 Å². The Balaban J connectivity index is 1.92. The first-order valence-corrected chi connectivity index (χ1v) is 7.91. The number of aromatic nitrogens is 1. The van der Waals surface area contributed by atoms with E-state index in [1.807, 2.05) is 0 Å². The molecule has 0 saturated heterocycles. The first-order chi connectivity index (χ1) is 10.1. The van der Waals surface area contributed by atoms with Crippen LogP contribution >= 0.6 is 22.9 Å².